The number of hydrogen-bond donors (Lipinski definition) is 12. The van der Waals surface area contributed by atoms with Gasteiger partial charge in [0, 0.05) is 104 Å². The highest BCUT2D eigenvalue weighted by Gasteiger charge is 2.50. The Morgan fingerprint density at radius 3 is 0.959 bits per heavy atom. The lowest BCUT2D eigenvalue weighted by Gasteiger charge is -2.28. The fourth-order valence-electron chi connectivity index (χ4n) is 14.1. The van der Waals surface area contributed by atoms with Crippen molar-refractivity contribution in [3.63, 3.8) is 0 Å². The number of imidazole rings is 1. The molecular formula is C62H84N16O33P6S6. The van der Waals surface area contributed by atoms with Gasteiger partial charge in [0.15, 0.2) is 11.5 Å². The van der Waals surface area contributed by atoms with Gasteiger partial charge < -0.3 is 124 Å². The molecule has 0 aromatic carbocycles. The lowest BCUT2D eigenvalue weighted by atomic mass is 10.1. The van der Waals surface area contributed by atoms with Crippen LogP contribution in [0.25, 0.3) is 11.2 Å². The molecule has 0 amide bonds. The summed E-state index contributed by atoms with van der Waals surface area (Å²) < 4.78 is 115. The maximum Gasteiger partial charge on any atom is 0.351 e. The van der Waals surface area contributed by atoms with Crippen molar-refractivity contribution in [1.29, 1.82) is 0 Å². The zero-order valence-corrected chi connectivity index (χ0v) is 75.7. The van der Waals surface area contributed by atoms with E-state index >= 15 is 0 Å². The second kappa shape index (κ2) is 38.4. The van der Waals surface area contributed by atoms with E-state index in [2.05, 4.69) is 39.9 Å². The van der Waals surface area contributed by atoms with Gasteiger partial charge in [0.05, 0.1) is 82.1 Å². The summed E-state index contributed by atoms with van der Waals surface area (Å²) in [7, 11) is 1.10. The zero-order valence-electron chi connectivity index (χ0n) is 65.4. The average molecular weight is 1960 g/mol. The molecular weight excluding hydrogens is 1880 g/mol. The number of fused-ring (bicyclic) bond motifs is 1. The third kappa shape index (κ3) is 22.9. The fraction of sp³-hybridized carbons (Fsp3) is 0.597. The summed E-state index contributed by atoms with van der Waals surface area (Å²) in [5.41, 5.74) is 5.96. The molecule has 13 heterocycles. The largest absolute Gasteiger partial charge is 0.383 e. The third-order valence-corrected chi connectivity index (χ3v) is 30.0. The Hall–Kier alpha value is -5.31. The summed E-state index contributed by atoms with van der Waals surface area (Å²) >= 11 is 32.9. The predicted octanol–water partition coefficient (Wildman–Crippen LogP) is 0.467. The van der Waals surface area contributed by atoms with Crippen LogP contribution in [0.3, 0.4) is 0 Å². The molecule has 7 aromatic heterocycles. The van der Waals surface area contributed by atoms with Crippen LogP contribution in [0.1, 0.15) is 117 Å². The molecule has 13 rings (SSSR count). The van der Waals surface area contributed by atoms with E-state index < -0.39 is 241 Å². The zero-order chi connectivity index (χ0) is 89.1. The summed E-state index contributed by atoms with van der Waals surface area (Å²) in [5.74, 6) is 0.0343. The van der Waals surface area contributed by atoms with E-state index in [0.29, 0.717) is 23.1 Å². The first-order valence-electron chi connectivity index (χ1n) is 37.1. The molecule has 6 aliphatic rings. The van der Waals surface area contributed by atoms with E-state index in [1.807, 2.05) is 6.92 Å². The molecule has 6 fully saturated rings. The number of H-pyrrole nitrogens is 4. The molecule has 0 aliphatic carbocycles. The Bertz CT molecular complexity index is 6060. The van der Waals surface area contributed by atoms with E-state index in [1.165, 1.54) is 71.3 Å². The summed E-state index contributed by atoms with van der Waals surface area (Å²) in [4.78, 5) is 212. The Morgan fingerprint density at radius 2 is 0.659 bits per heavy atom. The lowest BCUT2D eigenvalue weighted by Crippen LogP contribution is -2.33. The van der Waals surface area contributed by atoms with Crippen LogP contribution in [-0.4, -0.2) is 210 Å². The number of anilines is 2. The lowest BCUT2D eigenvalue weighted by molar-refractivity contribution is -0.0577. The number of hydrogen-bond acceptors (Lipinski definition) is 39. The van der Waals surface area contributed by atoms with E-state index in [-0.39, 0.29) is 66.0 Å². The van der Waals surface area contributed by atoms with Gasteiger partial charge in [0.1, 0.15) is 85.5 Å². The van der Waals surface area contributed by atoms with Crippen LogP contribution in [0.15, 0.2) is 86.8 Å². The Balaban J connectivity index is 0.701. The first kappa shape index (κ1) is 95.3. The number of aromatic nitrogens is 14. The molecule has 7 aromatic rings. The Morgan fingerprint density at radius 1 is 0.390 bits per heavy atom. The third-order valence-electron chi connectivity index (χ3n) is 20.3. The summed E-state index contributed by atoms with van der Waals surface area (Å²) in [6.07, 6.45) is -14.9. The summed E-state index contributed by atoms with van der Waals surface area (Å²) in [5, 5.41) is 0. The van der Waals surface area contributed by atoms with Gasteiger partial charge in [-0.3, -0.25) is 66.5 Å². The quantitative estimate of drug-likeness (QED) is 0.0240. The number of aryl methyl sites for hydroxylation is 5. The van der Waals surface area contributed by atoms with E-state index in [4.69, 9.17) is 165 Å². The number of aromatic amines is 4. The number of nitrogens with one attached hydrogen (secondary N) is 4. The molecule has 0 saturated carbocycles. The Kier molecular flexibility index (Phi) is 29.7. The van der Waals surface area contributed by atoms with E-state index in [1.54, 1.807) is 11.5 Å². The SMILES string of the molecule is CC[C@H]1O[C@@H](n2cnc3c(N)ncnc32)C[C@H]1OP(O)(=S)OC[C@H]1O[C@@H](n2cc(C)c(=O)[nH]c2=O)C[C@H]1OP(O)(=S)OC[C@H]1O[C@@H](n2cc(C)c(=O)[nH]c2=O)C[C@H]1OP(O)(=S)OC[C@H]1O[C@@H](n2cc(C)c(=O)[nH]c2=O)C[C@H]1OP(O)(=S)OC[C@H]1O[C@@H](n2cc(C)c(N)nc2=O)C[C@H]1OP(O)(=S)OC[C@H]1O[C@@H](n2cc(C)c(=O)[nH]c2=O)C[C@H]1OP(O)(=S)OC. The molecule has 49 nitrogen and oxygen atoms in total. The van der Waals surface area contributed by atoms with Crippen molar-refractivity contribution in [2.75, 3.05) is 51.6 Å². The van der Waals surface area contributed by atoms with Gasteiger partial charge in [0.2, 0.25) is 0 Å². The number of nitrogens with zero attached hydrogens (tertiary/aromatic N) is 10. The number of nitrogen functional groups attached to an aromatic ring is 2. The standard InChI is InChI=1S/C62H84N16O33P6S6/c1-8-32-33(9-49(100-32)78-26-67-50-52(64)65-25-66-53(50)78)107-113(89,119)95-21-41-36(12-46(103-41)75-17-29(4)55(80)70-60(75)85)109-116(92,122)98-23-43-38(14-48(105-43)77-19-31(6)57(82)72-62(77)87)111-117(93,123)99-24-42-37(13-47(104-42)76-18-30(5)56(81)71-61(76)86)110-115(91,121)97-22-40-35(11-44(102-40)73-15-27(2)51(63)68-58(73)83)108-114(90,120)96-20-39-34(106-112(88,118)94-7)10-45(101-39)74-16-28(3)54(79)69-59(74)84/h15-19,25-26,32-49H,8-14,20-24H2,1-7H3,(H,88,118)(H,89,119)(H,90,120)(H,91,121)(H,92,122)(H,93,123)(H2,63,68,83)(H2,64,65,66)(H,69,79,84)(H,70,80,85)(H,71,81,86)(H,72,82,87)/t32-,33-,34-,35-,36-,37-,38-,39-,40-,41-,42-,43-,44-,45-,46-,47-,48-,49-,112?,113?,114?,115?,116?,117?/m1/s1. The molecule has 0 bridgehead atoms. The van der Waals surface area contributed by atoms with Crippen molar-refractivity contribution < 1.29 is 112 Å². The smallest absolute Gasteiger partial charge is 0.351 e. The molecule has 676 valence electrons. The number of nitrogens with two attached hydrogens (primary N) is 2. The average Bonchev–Trinajstić information content (AvgIpc) is 1.65. The van der Waals surface area contributed by atoms with Crippen molar-refractivity contribution in [3.8, 4) is 0 Å². The maximum atomic E-state index is 13.5. The van der Waals surface area contributed by atoms with Gasteiger partial charge >= 0.3 is 68.8 Å². The van der Waals surface area contributed by atoms with Gasteiger partial charge in [-0.2, -0.15) is 4.98 Å². The van der Waals surface area contributed by atoms with Gasteiger partial charge in [-0.15, -0.1) is 0 Å². The first-order chi connectivity index (χ1) is 57.7. The van der Waals surface area contributed by atoms with Gasteiger partial charge in [0.25, 0.3) is 22.2 Å². The molecule has 61 heteroatoms. The molecule has 0 radical (unpaired) electrons. The molecule has 6 aliphatic heterocycles. The predicted molar refractivity (Wildman–Crippen MR) is 448 cm³/mol. The van der Waals surface area contributed by atoms with Crippen LogP contribution in [0.4, 0.5) is 11.6 Å². The summed E-state index contributed by atoms with van der Waals surface area (Å²) in [6.45, 7) is -21.5. The van der Waals surface area contributed by atoms with Crippen molar-refractivity contribution in [3.05, 3.63) is 165 Å². The molecule has 6 saturated heterocycles. The van der Waals surface area contributed by atoms with E-state index in [9.17, 15) is 72.5 Å². The highest BCUT2D eigenvalue weighted by atomic mass is 32.5. The van der Waals surface area contributed by atoms with Gasteiger partial charge in [-0.05, 0) is 112 Å². The van der Waals surface area contributed by atoms with Gasteiger partial charge in [-0.25, -0.2) is 38.9 Å². The highest BCUT2D eigenvalue weighted by molar-refractivity contribution is 8.08. The van der Waals surface area contributed by atoms with Crippen molar-refractivity contribution in [2.45, 2.75) is 197 Å². The molecule has 0 spiro atoms. The normalized spacial score (nSPS) is 29.7. The van der Waals surface area contributed by atoms with Crippen molar-refractivity contribution >= 4 is 134 Å². The molecule has 24 atom stereocenters. The fourth-order valence-corrected chi connectivity index (χ4v) is 22.5. The number of rotatable bonds is 35. The van der Waals surface area contributed by atoms with Crippen LogP contribution in [-0.2, 0) is 154 Å². The van der Waals surface area contributed by atoms with Crippen molar-refractivity contribution in [2.24, 2.45) is 0 Å². The monoisotopic (exact) mass is 1960 g/mol. The van der Waals surface area contributed by atoms with Crippen LogP contribution in [0.2, 0.25) is 0 Å². The minimum Gasteiger partial charge on any atom is -0.383 e. The number of ether oxygens (including phenoxy) is 6. The van der Waals surface area contributed by atoms with Crippen molar-refractivity contribution in [1.82, 2.24) is 67.3 Å². The van der Waals surface area contributed by atoms with Crippen LogP contribution < -0.4 is 62.2 Å². The minimum atomic E-state index is -4.73. The second-order valence-corrected chi connectivity index (χ2v) is 45.8. The minimum absolute atomic E-state index is 0.0463. The Labute approximate surface area is 722 Å². The van der Waals surface area contributed by atoms with Crippen LogP contribution in [0.5, 0.6) is 0 Å². The summed E-state index contributed by atoms with van der Waals surface area (Å²) in [6, 6.07) is 0. The topological polar surface area (TPSA) is 637 Å². The highest BCUT2D eigenvalue weighted by Crippen LogP contribution is 2.57. The molecule has 6 unspecified atom stereocenters. The van der Waals surface area contributed by atoms with Crippen LogP contribution >= 0.6 is 40.3 Å². The first-order valence-corrected chi connectivity index (χ1v) is 52.6. The second-order valence-electron chi connectivity index (χ2n) is 28.9. The maximum absolute atomic E-state index is 13.5. The van der Waals surface area contributed by atoms with Gasteiger partial charge in [-0.1, -0.05) is 6.92 Å². The molecule has 14 N–H and O–H groups in total. The van der Waals surface area contributed by atoms with Crippen LogP contribution in [0, 0.1) is 34.6 Å². The van der Waals surface area contributed by atoms with E-state index in [0.717, 1.165) is 29.9 Å². The molecule has 123 heavy (non-hydrogen) atoms.